The van der Waals surface area contributed by atoms with Gasteiger partial charge >= 0.3 is 11.7 Å². The van der Waals surface area contributed by atoms with E-state index < -0.39 is 21.5 Å². The highest BCUT2D eigenvalue weighted by Crippen LogP contribution is 2.12. The fourth-order valence-electron chi connectivity index (χ4n) is 1.70. The molecule has 0 atom stereocenters. The zero-order valence-electron chi connectivity index (χ0n) is 10.8. The van der Waals surface area contributed by atoms with Gasteiger partial charge in [-0.15, -0.1) is 0 Å². The summed E-state index contributed by atoms with van der Waals surface area (Å²) in [4.78, 5) is 25.6. The summed E-state index contributed by atoms with van der Waals surface area (Å²) in [6.07, 6.45) is 2.79. The van der Waals surface area contributed by atoms with E-state index in [1.165, 1.54) is 47.3 Å². The normalized spacial score (nSPS) is 11.2. The Morgan fingerprint density at radius 2 is 1.90 bits per heavy atom. The molecule has 8 heteroatoms. The number of carboxylic acids is 1. The summed E-state index contributed by atoms with van der Waals surface area (Å²) in [5.41, 5.74) is -0.508. The lowest BCUT2D eigenvalue weighted by Crippen LogP contribution is -2.25. The first kappa shape index (κ1) is 14.9. The van der Waals surface area contributed by atoms with Crippen molar-refractivity contribution < 1.29 is 18.3 Å². The van der Waals surface area contributed by atoms with Gasteiger partial charge in [-0.05, 0) is 30.3 Å². The lowest BCUT2D eigenvalue weighted by atomic mass is 10.2. The molecule has 1 N–H and O–H groups in total. The van der Waals surface area contributed by atoms with E-state index in [2.05, 4.69) is 4.98 Å². The number of carbonyl (C=O) groups is 1. The Labute approximate surface area is 120 Å². The number of sulfone groups is 1. The van der Waals surface area contributed by atoms with Crippen molar-refractivity contribution in [1.29, 1.82) is 0 Å². The van der Waals surface area contributed by atoms with Crippen molar-refractivity contribution in [2.24, 2.45) is 0 Å². The molecule has 0 bridgehead atoms. The molecule has 0 unspecified atom stereocenters. The van der Waals surface area contributed by atoms with Gasteiger partial charge < -0.3 is 5.11 Å². The van der Waals surface area contributed by atoms with Gasteiger partial charge in [-0.3, -0.25) is 4.57 Å². The summed E-state index contributed by atoms with van der Waals surface area (Å²) in [5.74, 6) is -1.40. The van der Waals surface area contributed by atoms with E-state index in [4.69, 9.17) is 5.11 Å². The molecule has 0 spiro atoms. The van der Waals surface area contributed by atoms with E-state index in [-0.39, 0.29) is 22.8 Å². The van der Waals surface area contributed by atoms with Crippen LogP contribution in [0.1, 0.15) is 10.4 Å². The number of hydrogen-bond donors (Lipinski definition) is 1. The highest BCUT2D eigenvalue weighted by molar-refractivity contribution is 7.91. The molecule has 0 saturated carbocycles. The maximum atomic E-state index is 12.1. The molecule has 1 heterocycles. The summed E-state index contributed by atoms with van der Waals surface area (Å²) in [6.45, 7) is -0.0182. The van der Waals surface area contributed by atoms with Crippen molar-refractivity contribution in [3.8, 4) is 0 Å². The topological polar surface area (TPSA) is 106 Å². The molecular formula is C13H12N2O5S. The third-order valence-electron chi connectivity index (χ3n) is 2.84. The minimum atomic E-state index is -3.60. The molecule has 7 nitrogen and oxygen atoms in total. The van der Waals surface area contributed by atoms with Crippen LogP contribution in [-0.4, -0.2) is 34.8 Å². The lowest BCUT2D eigenvalue weighted by molar-refractivity contribution is 0.0696. The molecule has 0 aliphatic carbocycles. The zero-order valence-corrected chi connectivity index (χ0v) is 11.7. The first-order valence-corrected chi connectivity index (χ1v) is 7.63. The second kappa shape index (κ2) is 5.88. The van der Waals surface area contributed by atoms with E-state index in [9.17, 15) is 18.0 Å². The van der Waals surface area contributed by atoms with Crippen LogP contribution in [0.25, 0.3) is 0 Å². The number of rotatable bonds is 5. The van der Waals surface area contributed by atoms with Gasteiger partial charge in [0.05, 0.1) is 16.2 Å². The van der Waals surface area contributed by atoms with Crippen molar-refractivity contribution in [2.75, 3.05) is 5.75 Å². The Morgan fingerprint density at radius 1 is 1.24 bits per heavy atom. The quantitative estimate of drug-likeness (QED) is 0.857. The molecule has 1 aromatic heterocycles. The van der Waals surface area contributed by atoms with E-state index in [1.807, 2.05) is 0 Å². The molecule has 1 aromatic carbocycles. The molecule has 0 saturated heterocycles. The van der Waals surface area contributed by atoms with Gasteiger partial charge in [0.1, 0.15) is 0 Å². The second-order valence-electron chi connectivity index (χ2n) is 4.24. The molecule has 21 heavy (non-hydrogen) atoms. The Balaban J connectivity index is 2.17. The minimum Gasteiger partial charge on any atom is -0.478 e. The van der Waals surface area contributed by atoms with Gasteiger partial charge in [-0.1, -0.05) is 0 Å². The number of aromatic nitrogens is 2. The van der Waals surface area contributed by atoms with Crippen LogP contribution in [0.3, 0.4) is 0 Å². The van der Waals surface area contributed by atoms with Crippen LogP contribution in [0.2, 0.25) is 0 Å². The third-order valence-corrected chi connectivity index (χ3v) is 4.55. The fourth-order valence-corrected chi connectivity index (χ4v) is 2.92. The third kappa shape index (κ3) is 3.54. The molecular weight excluding hydrogens is 296 g/mol. The zero-order chi connectivity index (χ0) is 15.5. The maximum Gasteiger partial charge on any atom is 0.347 e. The summed E-state index contributed by atoms with van der Waals surface area (Å²) in [7, 11) is -3.60. The average Bonchev–Trinajstić information content (AvgIpc) is 2.46. The highest BCUT2D eigenvalue weighted by Gasteiger charge is 2.15. The number of nitrogens with zero attached hydrogens (tertiary/aromatic N) is 2. The van der Waals surface area contributed by atoms with Gasteiger partial charge in [-0.2, -0.15) is 0 Å². The van der Waals surface area contributed by atoms with Gasteiger partial charge in [-0.25, -0.2) is 23.0 Å². The molecule has 0 amide bonds. The first-order chi connectivity index (χ1) is 9.90. The number of carboxylic acid groups (broad SMARTS) is 1. The summed E-state index contributed by atoms with van der Waals surface area (Å²) < 4.78 is 25.4. The minimum absolute atomic E-state index is 0.0115. The summed E-state index contributed by atoms with van der Waals surface area (Å²) >= 11 is 0. The number of benzene rings is 1. The van der Waals surface area contributed by atoms with Crippen molar-refractivity contribution in [3.63, 3.8) is 0 Å². The highest BCUT2D eigenvalue weighted by atomic mass is 32.2. The molecule has 2 rings (SSSR count). The van der Waals surface area contributed by atoms with E-state index in [0.29, 0.717) is 0 Å². The summed E-state index contributed by atoms with van der Waals surface area (Å²) in [6, 6.07) is 6.47. The monoisotopic (exact) mass is 308 g/mol. The van der Waals surface area contributed by atoms with Crippen LogP contribution in [0.15, 0.2) is 52.4 Å². The lowest BCUT2D eigenvalue weighted by Gasteiger charge is -2.06. The van der Waals surface area contributed by atoms with Crippen LogP contribution < -0.4 is 5.69 Å². The molecule has 0 fully saturated rings. The average molecular weight is 308 g/mol. The van der Waals surface area contributed by atoms with Crippen LogP contribution in [-0.2, 0) is 16.4 Å². The van der Waals surface area contributed by atoms with Gasteiger partial charge in [0.25, 0.3) is 0 Å². The van der Waals surface area contributed by atoms with Crippen molar-refractivity contribution >= 4 is 15.8 Å². The SMILES string of the molecule is O=C(O)c1ccc(S(=O)(=O)CCn2cccnc2=O)cc1. The Morgan fingerprint density at radius 3 is 2.48 bits per heavy atom. The Bertz CT molecular complexity index is 809. The molecule has 2 aromatic rings. The molecule has 0 aliphatic rings. The first-order valence-electron chi connectivity index (χ1n) is 5.98. The number of aryl methyl sites for hydroxylation is 1. The summed E-state index contributed by atoms with van der Waals surface area (Å²) in [5, 5.41) is 8.77. The predicted octanol–water partition coefficient (Wildman–Crippen LogP) is 0.415. The van der Waals surface area contributed by atoms with Crippen LogP contribution in [0.5, 0.6) is 0 Å². The van der Waals surface area contributed by atoms with Gasteiger partial charge in [0.15, 0.2) is 9.84 Å². The Kier molecular flexibility index (Phi) is 4.18. The standard InChI is InChI=1S/C13H12N2O5S/c16-12(17)10-2-4-11(5-3-10)21(19,20)9-8-15-7-1-6-14-13(15)18/h1-7H,8-9H2,(H,16,17). The van der Waals surface area contributed by atoms with Crippen LogP contribution in [0, 0.1) is 0 Å². The van der Waals surface area contributed by atoms with E-state index in [0.717, 1.165) is 0 Å². The second-order valence-corrected chi connectivity index (χ2v) is 6.35. The van der Waals surface area contributed by atoms with Crippen LogP contribution in [0.4, 0.5) is 0 Å². The van der Waals surface area contributed by atoms with E-state index >= 15 is 0 Å². The van der Waals surface area contributed by atoms with Gasteiger partial charge in [0, 0.05) is 18.9 Å². The molecule has 0 radical (unpaired) electrons. The maximum absolute atomic E-state index is 12.1. The van der Waals surface area contributed by atoms with Crippen molar-refractivity contribution in [3.05, 3.63) is 58.8 Å². The van der Waals surface area contributed by atoms with Crippen molar-refractivity contribution in [2.45, 2.75) is 11.4 Å². The smallest absolute Gasteiger partial charge is 0.347 e. The van der Waals surface area contributed by atoms with E-state index in [1.54, 1.807) is 0 Å². The van der Waals surface area contributed by atoms with Crippen LogP contribution >= 0.6 is 0 Å². The van der Waals surface area contributed by atoms with Crippen molar-refractivity contribution in [1.82, 2.24) is 9.55 Å². The van der Waals surface area contributed by atoms with Gasteiger partial charge in [0.2, 0.25) is 0 Å². The largest absolute Gasteiger partial charge is 0.478 e. The fraction of sp³-hybridized carbons (Fsp3) is 0.154. The molecule has 110 valence electrons. The number of aromatic carboxylic acids is 1. The Hall–Kier alpha value is -2.48. The predicted molar refractivity (Wildman–Crippen MR) is 74.0 cm³/mol. The number of hydrogen-bond acceptors (Lipinski definition) is 5. The molecule has 0 aliphatic heterocycles.